The lowest BCUT2D eigenvalue weighted by molar-refractivity contribution is 1.07. The van der Waals surface area contributed by atoms with E-state index < -0.39 is 8.07 Å². The number of para-hydroxylation sites is 2. The van der Waals surface area contributed by atoms with Crippen LogP contribution in [-0.2, 0) is 0 Å². The van der Waals surface area contributed by atoms with Gasteiger partial charge in [0.2, 0.25) is 0 Å². The summed E-state index contributed by atoms with van der Waals surface area (Å²) < 4.78 is 4.95. The molecule has 0 aliphatic carbocycles. The summed E-state index contributed by atoms with van der Waals surface area (Å²) in [6, 6.07) is 101. The molecule has 0 aliphatic rings. The third-order valence-electron chi connectivity index (χ3n) is 14.8. The van der Waals surface area contributed by atoms with Crippen molar-refractivity contribution in [3.05, 3.63) is 279 Å². The summed E-state index contributed by atoms with van der Waals surface area (Å²) >= 11 is 1.84. The van der Waals surface area contributed by atoms with Crippen molar-refractivity contribution < 1.29 is 0 Å². The second kappa shape index (κ2) is 18.6. The standard InChI is InChI=1S/C69H46N4SSi/c1-5-22-47(23-6-1)56-43-42-51(46-64(56)73-62-39-16-13-34-58(62)59-35-14-17-40-63(59)73)69-71-67(49-25-19-24-48(44-49)57-37-21-38-61-60-36-15-18-41-65(60)74-66(57)61)70-68(72-69)50-26-20-33-55(45-50)75(52-27-7-2-8-28-52,53-29-9-3-10-30-53)54-31-11-4-12-32-54/h1-46H. The normalized spacial score (nSPS) is 11.7. The van der Waals surface area contributed by atoms with E-state index in [1.807, 2.05) is 11.3 Å². The average Bonchev–Trinajstić information content (AvgIpc) is 4.06. The molecule has 0 fully saturated rings. The summed E-state index contributed by atoms with van der Waals surface area (Å²) in [4.78, 5) is 16.5. The molecule has 3 heterocycles. The first-order valence-corrected chi connectivity index (χ1v) is 28.2. The van der Waals surface area contributed by atoms with Crippen molar-refractivity contribution in [3.63, 3.8) is 0 Å². The molecule has 0 aliphatic heterocycles. The third-order valence-corrected chi connectivity index (χ3v) is 20.8. The Morgan fingerprint density at radius 3 is 1.35 bits per heavy atom. The molecule has 14 aromatic rings. The van der Waals surface area contributed by atoms with Gasteiger partial charge in [-0.15, -0.1) is 11.3 Å². The van der Waals surface area contributed by atoms with Gasteiger partial charge < -0.3 is 4.57 Å². The van der Waals surface area contributed by atoms with Crippen LogP contribution in [-0.4, -0.2) is 27.6 Å². The van der Waals surface area contributed by atoms with Gasteiger partial charge >= 0.3 is 0 Å². The van der Waals surface area contributed by atoms with Gasteiger partial charge in [-0.2, -0.15) is 0 Å². The molecule has 0 unspecified atom stereocenters. The summed E-state index contributed by atoms with van der Waals surface area (Å²) in [5.74, 6) is 1.81. The van der Waals surface area contributed by atoms with Gasteiger partial charge in [0.15, 0.2) is 25.5 Å². The van der Waals surface area contributed by atoms with Crippen LogP contribution < -0.4 is 20.7 Å². The molecule has 14 rings (SSSR count). The van der Waals surface area contributed by atoms with Crippen LogP contribution in [0.5, 0.6) is 0 Å². The molecule has 4 nitrogen and oxygen atoms in total. The topological polar surface area (TPSA) is 43.6 Å². The third kappa shape index (κ3) is 7.61. The van der Waals surface area contributed by atoms with Crippen LogP contribution in [0.25, 0.3) is 104 Å². The summed E-state index contributed by atoms with van der Waals surface area (Å²) in [5.41, 5.74) is 10.6. The fourth-order valence-electron chi connectivity index (χ4n) is 11.4. The number of aromatic nitrogens is 4. The minimum atomic E-state index is -2.89. The first-order chi connectivity index (χ1) is 37.2. The van der Waals surface area contributed by atoms with E-state index >= 15 is 0 Å². The van der Waals surface area contributed by atoms with Crippen molar-refractivity contribution in [1.82, 2.24) is 19.5 Å². The van der Waals surface area contributed by atoms with Crippen molar-refractivity contribution in [2.75, 3.05) is 0 Å². The molecular formula is C69H46N4SSi. The van der Waals surface area contributed by atoms with Crippen LogP contribution >= 0.6 is 11.3 Å². The lowest BCUT2D eigenvalue weighted by atomic mass is 10.00. The lowest BCUT2D eigenvalue weighted by Crippen LogP contribution is -2.74. The number of thiophene rings is 1. The van der Waals surface area contributed by atoms with E-state index in [1.54, 1.807) is 0 Å². The van der Waals surface area contributed by atoms with Crippen molar-refractivity contribution in [3.8, 4) is 62.1 Å². The molecule has 75 heavy (non-hydrogen) atoms. The largest absolute Gasteiger partial charge is 0.309 e. The Bertz CT molecular complexity index is 4270. The van der Waals surface area contributed by atoms with Gasteiger partial charge in [0.05, 0.1) is 16.7 Å². The van der Waals surface area contributed by atoms with E-state index in [0.717, 1.165) is 50.1 Å². The summed E-state index contributed by atoms with van der Waals surface area (Å²) in [7, 11) is -2.89. The molecule has 11 aromatic carbocycles. The van der Waals surface area contributed by atoms with Crippen molar-refractivity contribution >= 4 is 82.1 Å². The average molecular weight is 991 g/mol. The minimum absolute atomic E-state index is 0.594. The van der Waals surface area contributed by atoms with E-state index in [9.17, 15) is 0 Å². The molecule has 0 amide bonds. The van der Waals surface area contributed by atoms with Gasteiger partial charge in [0, 0.05) is 53.2 Å². The van der Waals surface area contributed by atoms with Crippen LogP contribution in [0.2, 0.25) is 0 Å². The maximum Gasteiger partial charge on any atom is 0.179 e. The molecule has 0 saturated heterocycles. The van der Waals surface area contributed by atoms with Crippen LogP contribution in [0.15, 0.2) is 279 Å². The van der Waals surface area contributed by atoms with Crippen LogP contribution in [0.4, 0.5) is 0 Å². The highest BCUT2D eigenvalue weighted by Gasteiger charge is 2.41. The molecular weight excluding hydrogens is 945 g/mol. The Morgan fingerprint density at radius 1 is 0.293 bits per heavy atom. The van der Waals surface area contributed by atoms with Gasteiger partial charge in [0.1, 0.15) is 0 Å². The lowest BCUT2D eigenvalue weighted by Gasteiger charge is -2.34. The van der Waals surface area contributed by atoms with E-state index in [4.69, 9.17) is 15.0 Å². The quantitative estimate of drug-likeness (QED) is 0.101. The fourth-order valence-corrected chi connectivity index (χ4v) is 17.5. The van der Waals surface area contributed by atoms with Gasteiger partial charge in [-0.3, -0.25) is 0 Å². The van der Waals surface area contributed by atoms with E-state index in [2.05, 4.69) is 284 Å². The summed E-state index contributed by atoms with van der Waals surface area (Å²) in [5, 5.41) is 10.1. The predicted molar refractivity (Wildman–Crippen MR) is 318 cm³/mol. The highest BCUT2D eigenvalue weighted by atomic mass is 32.1. The second-order valence-electron chi connectivity index (χ2n) is 19.1. The van der Waals surface area contributed by atoms with Crippen molar-refractivity contribution in [2.45, 2.75) is 0 Å². The van der Waals surface area contributed by atoms with Crippen molar-refractivity contribution in [2.24, 2.45) is 0 Å². The first-order valence-electron chi connectivity index (χ1n) is 25.4. The molecule has 0 radical (unpaired) electrons. The van der Waals surface area contributed by atoms with Crippen molar-refractivity contribution in [1.29, 1.82) is 0 Å². The monoisotopic (exact) mass is 990 g/mol. The number of benzene rings is 11. The smallest absolute Gasteiger partial charge is 0.179 e. The minimum Gasteiger partial charge on any atom is -0.309 e. The Hall–Kier alpha value is -9.33. The molecule has 0 N–H and O–H groups in total. The number of nitrogens with zero attached hydrogens (tertiary/aromatic N) is 4. The maximum absolute atomic E-state index is 5.52. The molecule has 6 heteroatoms. The van der Waals surface area contributed by atoms with Gasteiger partial charge in [-0.1, -0.05) is 249 Å². The number of fused-ring (bicyclic) bond motifs is 6. The van der Waals surface area contributed by atoms with E-state index in [1.165, 1.54) is 57.3 Å². The van der Waals surface area contributed by atoms with Gasteiger partial charge in [-0.05, 0) is 67.8 Å². The Morgan fingerprint density at radius 2 is 0.733 bits per heavy atom. The number of rotatable bonds is 10. The molecule has 352 valence electrons. The summed E-state index contributed by atoms with van der Waals surface area (Å²) in [6.45, 7) is 0. The zero-order valence-electron chi connectivity index (χ0n) is 40.8. The van der Waals surface area contributed by atoms with Crippen LogP contribution in [0.3, 0.4) is 0 Å². The van der Waals surface area contributed by atoms with Gasteiger partial charge in [0.25, 0.3) is 0 Å². The van der Waals surface area contributed by atoms with Gasteiger partial charge in [-0.25, -0.2) is 15.0 Å². The van der Waals surface area contributed by atoms with Crippen LogP contribution in [0.1, 0.15) is 0 Å². The maximum atomic E-state index is 5.52. The predicted octanol–water partition coefficient (Wildman–Crippen LogP) is 15.0. The summed E-state index contributed by atoms with van der Waals surface area (Å²) in [6.07, 6.45) is 0. The Balaban J connectivity index is 1.01. The Kier molecular flexibility index (Phi) is 11.0. The zero-order valence-corrected chi connectivity index (χ0v) is 42.6. The van der Waals surface area contributed by atoms with E-state index in [0.29, 0.717) is 17.5 Å². The SMILES string of the molecule is c1ccc(-c2ccc(-c3nc(-c4cccc(-c5cccc6c5sc5ccccc56)c4)nc(-c4cccc([Si](c5ccccc5)(c5ccccc5)c5ccccc5)c4)n3)cc2-n2c3ccccc3c3ccccc32)cc1. The Labute approximate surface area is 440 Å². The molecule has 3 aromatic heterocycles. The first kappa shape index (κ1) is 44.4. The number of hydrogen-bond donors (Lipinski definition) is 0. The molecule has 0 spiro atoms. The highest BCUT2D eigenvalue weighted by Crippen LogP contribution is 2.42. The second-order valence-corrected chi connectivity index (χ2v) is 23.9. The fraction of sp³-hybridized carbons (Fsp3) is 0. The number of hydrogen-bond acceptors (Lipinski definition) is 4. The van der Waals surface area contributed by atoms with Crippen LogP contribution in [0, 0.1) is 0 Å². The molecule has 0 bridgehead atoms. The zero-order chi connectivity index (χ0) is 49.7. The molecule has 0 atom stereocenters. The highest BCUT2D eigenvalue weighted by molar-refractivity contribution is 7.26. The molecule has 0 saturated carbocycles. The van der Waals surface area contributed by atoms with E-state index in [-0.39, 0.29) is 0 Å².